The Morgan fingerprint density at radius 1 is 1.15 bits per heavy atom. The van der Waals surface area contributed by atoms with Crippen LogP contribution in [0.25, 0.3) is 10.9 Å². The number of esters is 1. The number of aromatic hydroxyl groups is 1. The molecular formula is C21H20ClNO4. The first-order valence-electron chi connectivity index (χ1n) is 8.62. The minimum atomic E-state index is -0.392. The molecule has 3 aromatic rings. The average molecular weight is 386 g/mol. The summed E-state index contributed by atoms with van der Waals surface area (Å²) in [6.45, 7) is 5.73. The van der Waals surface area contributed by atoms with E-state index in [1.807, 2.05) is 19.1 Å². The standard InChI is InChI=1S/C21H20ClNO4/c1-4-27-20(25)10-15-13(3)23(18-11-17(22)19(24)9-16(15)18)21(26)14-7-5-12(2)6-8-14/h5-9,11,24H,4,10H2,1-3H3. The average Bonchev–Trinajstić information content (AvgIpc) is 2.87. The first-order chi connectivity index (χ1) is 12.8. The quantitative estimate of drug-likeness (QED) is 0.675. The fourth-order valence-corrected chi connectivity index (χ4v) is 3.31. The van der Waals surface area contributed by atoms with Gasteiger partial charge in [0, 0.05) is 16.6 Å². The van der Waals surface area contributed by atoms with E-state index in [-0.39, 0.29) is 29.7 Å². The van der Waals surface area contributed by atoms with Gasteiger partial charge >= 0.3 is 5.97 Å². The maximum atomic E-state index is 13.2. The lowest BCUT2D eigenvalue weighted by molar-refractivity contribution is -0.142. The Bertz CT molecular complexity index is 1030. The molecule has 0 atom stereocenters. The number of carbonyl (C=O) groups is 2. The number of aryl methyl sites for hydroxylation is 1. The summed E-state index contributed by atoms with van der Waals surface area (Å²) in [5.74, 6) is -0.722. The van der Waals surface area contributed by atoms with Crippen LogP contribution >= 0.6 is 11.6 Å². The lowest BCUT2D eigenvalue weighted by Crippen LogP contribution is -2.14. The summed E-state index contributed by atoms with van der Waals surface area (Å²) in [4.78, 5) is 25.2. The SMILES string of the molecule is CCOC(=O)Cc1c(C)n(C(=O)c2ccc(C)cc2)c2cc(Cl)c(O)cc12. The van der Waals surface area contributed by atoms with Crippen molar-refractivity contribution in [3.63, 3.8) is 0 Å². The maximum Gasteiger partial charge on any atom is 0.310 e. The number of fused-ring (bicyclic) bond motifs is 1. The number of benzene rings is 2. The van der Waals surface area contributed by atoms with E-state index in [0.29, 0.717) is 27.7 Å². The Morgan fingerprint density at radius 2 is 1.81 bits per heavy atom. The molecule has 0 aliphatic heterocycles. The normalized spacial score (nSPS) is 11.0. The molecule has 0 fully saturated rings. The predicted molar refractivity (Wildman–Crippen MR) is 105 cm³/mol. The van der Waals surface area contributed by atoms with E-state index in [0.717, 1.165) is 5.56 Å². The molecular weight excluding hydrogens is 366 g/mol. The second kappa shape index (κ2) is 7.45. The molecule has 0 radical (unpaired) electrons. The molecule has 0 unspecified atom stereocenters. The van der Waals surface area contributed by atoms with Crippen LogP contribution in [0.3, 0.4) is 0 Å². The number of ether oxygens (including phenoxy) is 1. The van der Waals surface area contributed by atoms with Crippen LogP contribution in [0.1, 0.15) is 34.1 Å². The Morgan fingerprint density at radius 3 is 2.44 bits per heavy atom. The van der Waals surface area contributed by atoms with Crippen molar-refractivity contribution in [2.24, 2.45) is 0 Å². The molecule has 0 saturated heterocycles. The Balaban J connectivity index is 2.21. The number of phenols is 1. The minimum absolute atomic E-state index is 0.00538. The molecule has 27 heavy (non-hydrogen) atoms. The van der Waals surface area contributed by atoms with Crippen molar-refractivity contribution in [2.45, 2.75) is 27.2 Å². The van der Waals surface area contributed by atoms with Crippen molar-refractivity contribution < 1.29 is 19.4 Å². The number of carbonyl (C=O) groups excluding carboxylic acids is 2. The summed E-state index contributed by atoms with van der Waals surface area (Å²) in [7, 11) is 0. The molecule has 0 amide bonds. The van der Waals surface area contributed by atoms with Crippen LogP contribution in [0.15, 0.2) is 36.4 Å². The lowest BCUT2D eigenvalue weighted by Gasteiger charge is -2.08. The van der Waals surface area contributed by atoms with Gasteiger partial charge in [-0.3, -0.25) is 14.2 Å². The van der Waals surface area contributed by atoms with Gasteiger partial charge in [0.2, 0.25) is 0 Å². The Kier molecular flexibility index (Phi) is 5.24. The lowest BCUT2D eigenvalue weighted by atomic mass is 10.1. The number of aromatic nitrogens is 1. The van der Waals surface area contributed by atoms with E-state index in [4.69, 9.17) is 16.3 Å². The van der Waals surface area contributed by atoms with Gasteiger partial charge in [-0.15, -0.1) is 0 Å². The fourth-order valence-electron chi connectivity index (χ4n) is 3.16. The number of phenolic OH excluding ortho intramolecular Hbond substituents is 1. The highest BCUT2D eigenvalue weighted by Crippen LogP contribution is 2.35. The van der Waals surface area contributed by atoms with Crippen molar-refractivity contribution in [3.05, 3.63) is 63.8 Å². The van der Waals surface area contributed by atoms with Gasteiger partial charge < -0.3 is 9.84 Å². The number of hydrogen-bond donors (Lipinski definition) is 1. The fraction of sp³-hybridized carbons (Fsp3) is 0.238. The van der Waals surface area contributed by atoms with Crippen LogP contribution in [-0.4, -0.2) is 28.2 Å². The number of hydrogen-bond acceptors (Lipinski definition) is 4. The van der Waals surface area contributed by atoms with Crippen molar-refractivity contribution >= 4 is 34.4 Å². The van der Waals surface area contributed by atoms with Gasteiger partial charge in [0.25, 0.3) is 5.91 Å². The molecule has 0 saturated carbocycles. The molecule has 1 heterocycles. The molecule has 5 nitrogen and oxygen atoms in total. The maximum absolute atomic E-state index is 13.2. The van der Waals surface area contributed by atoms with Crippen molar-refractivity contribution in [1.82, 2.24) is 4.57 Å². The summed E-state index contributed by atoms with van der Waals surface area (Å²) >= 11 is 6.08. The van der Waals surface area contributed by atoms with Gasteiger partial charge in [-0.2, -0.15) is 0 Å². The van der Waals surface area contributed by atoms with E-state index in [1.165, 1.54) is 10.6 Å². The van der Waals surface area contributed by atoms with Gasteiger partial charge in [0.15, 0.2) is 0 Å². The zero-order chi connectivity index (χ0) is 19.7. The van der Waals surface area contributed by atoms with Crippen LogP contribution in [0.2, 0.25) is 5.02 Å². The molecule has 0 spiro atoms. The Hall–Kier alpha value is -2.79. The van der Waals surface area contributed by atoms with Crippen LogP contribution in [-0.2, 0) is 16.0 Å². The van der Waals surface area contributed by atoms with Crippen molar-refractivity contribution in [3.8, 4) is 5.75 Å². The molecule has 6 heteroatoms. The van der Waals surface area contributed by atoms with Crippen LogP contribution in [0.5, 0.6) is 5.75 Å². The van der Waals surface area contributed by atoms with Gasteiger partial charge in [0.1, 0.15) is 5.75 Å². The third-order valence-corrected chi connectivity index (χ3v) is 4.83. The molecule has 3 rings (SSSR count). The molecule has 1 N–H and O–H groups in total. The van der Waals surface area contributed by atoms with Crippen LogP contribution in [0.4, 0.5) is 0 Å². The molecule has 140 valence electrons. The second-order valence-electron chi connectivity index (χ2n) is 6.37. The summed E-state index contributed by atoms with van der Waals surface area (Å²) in [5.41, 5.74) is 3.37. The van der Waals surface area contributed by atoms with Crippen LogP contribution in [0, 0.1) is 13.8 Å². The van der Waals surface area contributed by atoms with Gasteiger partial charge in [-0.1, -0.05) is 29.3 Å². The third-order valence-electron chi connectivity index (χ3n) is 4.53. The predicted octanol–water partition coefficient (Wildman–Crippen LogP) is 4.41. The molecule has 0 bridgehead atoms. The molecule has 2 aromatic carbocycles. The topological polar surface area (TPSA) is 68.5 Å². The van der Waals surface area contributed by atoms with E-state index in [9.17, 15) is 14.7 Å². The highest BCUT2D eigenvalue weighted by Gasteiger charge is 2.23. The van der Waals surface area contributed by atoms with Crippen molar-refractivity contribution in [1.29, 1.82) is 0 Å². The molecule has 0 aliphatic carbocycles. The smallest absolute Gasteiger partial charge is 0.310 e. The van der Waals surface area contributed by atoms with E-state index >= 15 is 0 Å². The number of nitrogens with zero attached hydrogens (tertiary/aromatic N) is 1. The monoisotopic (exact) mass is 385 g/mol. The zero-order valence-corrected chi connectivity index (χ0v) is 16.1. The summed E-state index contributed by atoms with van der Waals surface area (Å²) < 4.78 is 6.58. The summed E-state index contributed by atoms with van der Waals surface area (Å²) in [5, 5.41) is 10.8. The Labute approximate surface area is 162 Å². The second-order valence-corrected chi connectivity index (χ2v) is 6.78. The van der Waals surface area contributed by atoms with Crippen molar-refractivity contribution in [2.75, 3.05) is 6.61 Å². The molecule has 0 aliphatic rings. The largest absolute Gasteiger partial charge is 0.506 e. The molecule has 1 aromatic heterocycles. The summed E-state index contributed by atoms with van der Waals surface area (Å²) in [6.07, 6.45) is 0.00538. The highest BCUT2D eigenvalue weighted by molar-refractivity contribution is 6.33. The van der Waals surface area contributed by atoms with E-state index in [1.54, 1.807) is 32.0 Å². The summed E-state index contributed by atoms with van der Waals surface area (Å²) in [6, 6.07) is 10.3. The number of rotatable bonds is 4. The van der Waals surface area contributed by atoms with Gasteiger partial charge in [-0.05, 0) is 50.6 Å². The van der Waals surface area contributed by atoms with Gasteiger partial charge in [0.05, 0.1) is 23.6 Å². The first-order valence-corrected chi connectivity index (χ1v) is 9.00. The van der Waals surface area contributed by atoms with Gasteiger partial charge in [-0.25, -0.2) is 0 Å². The number of halogens is 1. The minimum Gasteiger partial charge on any atom is -0.506 e. The highest BCUT2D eigenvalue weighted by atomic mass is 35.5. The van der Waals surface area contributed by atoms with E-state index in [2.05, 4.69) is 0 Å². The van der Waals surface area contributed by atoms with E-state index < -0.39 is 5.97 Å². The third kappa shape index (κ3) is 3.55. The zero-order valence-electron chi connectivity index (χ0n) is 15.4. The first kappa shape index (κ1) is 19.0. The van der Waals surface area contributed by atoms with Crippen LogP contribution < -0.4 is 0 Å².